The molecule has 0 fully saturated rings. The van der Waals surface area contributed by atoms with Crippen LogP contribution in [0.2, 0.25) is 0 Å². The van der Waals surface area contributed by atoms with Crippen molar-refractivity contribution in [1.29, 1.82) is 0 Å². The van der Waals surface area contributed by atoms with Gasteiger partial charge in [-0.1, -0.05) is 23.5 Å². The summed E-state index contributed by atoms with van der Waals surface area (Å²) in [5.41, 5.74) is 1.54. The summed E-state index contributed by atoms with van der Waals surface area (Å²) in [4.78, 5) is 4.80. The molecule has 0 bridgehead atoms. The Balaban J connectivity index is 2.07. The van der Waals surface area contributed by atoms with Crippen LogP contribution in [0.5, 0.6) is 5.75 Å². The molecule has 0 amide bonds. The van der Waals surface area contributed by atoms with E-state index in [-0.39, 0.29) is 4.34 Å². The molecule has 0 atom stereocenters. The highest BCUT2D eigenvalue weighted by Crippen LogP contribution is 2.26. The van der Waals surface area contributed by atoms with Crippen LogP contribution in [-0.4, -0.2) is 30.1 Å². The van der Waals surface area contributed by atoms with Crippen molar-refractivity contribution in [2.75, 3.05) is 7.11 Å². The Morgan fingerprint density at radius 2 is 2.20 bits per heavy atom. The van der Waals surface area contributed by atoms with Gasteiger partial charge in [0.25, 0.3) is 10.0 Å². The van der Waals surface area contributed by atoms with Crippen LogP contribution in [0.1, 0.15) is 0 Å². The molecule has 0 saturated carbocycles. The smallest absolute Gasteiger partial charge is 0.267 e. The van der Waals surface area contributed by atoms with Gasteiger partial charge in [0, 0.05) is 5.56 Å². The van der Waals surface area contributed by atoms with Crippen LogP contribution in [0.4, 0.5) is 0 Å². The molecule has 1 aromatic carbocycles. The van der Waals surface area contributed by atoms with Crippen molar-refractivity contribution in [3.05, 3.63) is 30.5 Å². The molecule has 20 heavy (non-hydrogen) atoms. The quantitative estimate of drug-likeness (QED) is 0.781. The Labute approximate surface area is 118 Å². The maximum atomic E-state index is 11.2. The summed E-state index contributed by atoms with van der Waals surface area (Å²) in [6.45, 7) is 0. The van der Waals surface area contributed by atoms with E-state index in [0.717, 1.165) is 22.6 Å². The Morgan fingerprint density at radius 1 is 1.40 bits per heavy atom. The second-order valence-corrected chi connectivity index (χ2v) is 6.69. The normalized spacial score (nSPS) is 11.9. The van der Waals surface area contributed by atoms with E-state index in [1.54, 1.807) is 13.3 Å². The lowest BCUT2D eigenvalue weighted by atomic mass is 10.1. The van der Waals surface area contributed by atoms with E-state index in [4.69, 9.17) is 9.88 Å². The Hall–Kier alpha value is -1.97. The van der Waals surface area contributed by atoms with Crippen LogP contribution >= 0.6 is 11.3 Å². The van der Waals surface area contributed by atoms with E-state index < -0.39 is 10.0 Å². The van der Waals surface area contributed by atoms with Crippen LogP contribution in [0.25, 0.3) is 16.2 Å². The molecule has 2 N–H and O–H groups in total. The minimum Gasteiger partial charge on any atom is -0.497 e. The van der Waals surface area contributed by atoms with Crippen LogP contribution in [-0.2, 0) is 10.0 Å². The van der Waals surface area contributed by atoms with Gasteiger partial charge < -0.3 is 4.74 Å². The molecule has 0 aliphatic heterocycles. The third-order valence-electron chi connectivity index (χ3n) is 2.63. The Bertz CT molecular complexity index is 851. The summed E-state index contributed by atoms with van der Waals surface area (Å²) in [6.07, 6.45) is 1.65. The lowest BCUT2D eigenvalue weighted by Gasteiger charge is -2.01. The zero-order valence-electron chi connectivity index (χ0n) is 10.3. The molecule has 0 aliphatic rings. The summed E-state index contributed by atoms with van der Waals surface area (Å²) < 4.78 is 28.8. The maximum absolute atomic E-state index is 11.2. The molecule has 2 aromatic heterocycles. The van der Waals surface area contributed by atoms with Gasteiger partial charge >= 0.3 is 0 Å². The lowest BCUT2D eigenvalue weighted by Crippen LogP contribution is -2.12. The van der Waals surface area contributed by atoms with Gasteiger partial charge in [0.1, 0.15) is 5.75 Å². The van der Waals surface area contributed by atoms with Gasteiger partial charge in [-0.15, -0.1) is 5.10 Å². The standard InChI is InChI=1S/C11H10N4O3S2/c1-18-8-4-2-3-7(5-8)9-6-15-10(13-9)19-11(14-15)20(12,16)17/h2-6H,1H3,(H2,12,16,17). The Kier molecular flexibility index (Phi) is 2.96. The van der Waals surface area contributed by atoms with Crippen LogP contribution in [0.15, 0.2) is 34.8 Å². The minimum absolute atomic E-state index is 0.155. The molecule has 3 rings (SSSR count). The van der Waals surface area contributed by atoms with E-state index in [1.807, 2.05) is 24.3 Å². The first-order valence-electron chi connectivity index (χ1n) is 5.51. The van der Waals surface area contributed by atoms with Gasteiger partial charge in [0.2, 0.25) is 9.30 Å². The molecule has 2 heterocycles. The number of hydrogen-bond acceptors (Lipinski definition) is 6. The van der Waals surface area contributed by atoms with Crippen LogP contribution in [0.3, 0.4) is 0 Å². The number of benzene rings is 1. The molecule has 7 nitrogen and oxygen atoms in total. The number of rotatable bonds is 3. The fourth-order valence-corrected chi connectivity index (χ4v) is 3.22. The summed E-state index contributed by atoms with van der Waals surface area (Å²) in [6, 6.07) is 7.41. The van der Waals surface area contributed by atoms with Gasteiger partial charge in [-0.25, -0.2) is 23.1 Å². The molecule has 0 unspecified atom stereocenters. The molecule has 3 aromatic rings. The number of aromatic nitrogens is 3. The van der Waals surface area contributed by atoms with Gasteiger partial charge in [-0.05, 0) is 12.1 Å². The average molecular weight is 310 g/mol. The van der Waals surface area contributed by atoms with Gasteiger partial charge in [0.05, 0.1) is 19.0 Å². The van der Waals surface area contributed by atoms with Crippen molar-refractivity contribution < 1.29 is 13.2 Å². The first-order valence-corrected chi connectivity index (χ1v) is 7.87. The number of imidazole rings is 1. The minimum atomic E-state index is -3.80. The number of fused-ring (bicyclic) bond motifs is 1. The van der Waals surface area contributed by atoms with Crippen molar-refractivity contribution in [1.82, 2.24) is 14.6 Å². The van der Waals surface area contributed by atoms with E-state index in [2.05, 4.69) is 10.1 Å². The first kappa shape index (κ1) is 13.0. The van der Waals surface area contributed by atoms with E-state index in [9.17, 15) is 8.42 Å². The van der Waals surface area contributed by atoms with Crippen molar-refractivity contribution in [2.45, 2.75) is 4.34 Å². The fourth-order valence-electron chi connectivity index (χ4n) is 1.72. The molecule has 0 aliphatic carbocycles. The Morgan fingerprint density at radius 3 is 2.85 bits per heavy atom. The van der Waals surface area contributed by atoms with E-state index >= 15 is 0 Å². The zero-order chi connectivity index (χ0) is 14.3. The van der Waals surface area contributed by atoms with Crippen LogP contribution < -0.4 is 9.88 Å². The second kappa shape index (κ2) is 4.54. The number of ether oxygens (including phenoxy) is 1. The second-order valence-electron chi connectivity index (χ2n) is 4.00. The van der Waals surface area contributed by atoms with Crippen molar-refractivity contribution in [3.63, 3.8) is 0 Å². The molecule has 9 heteroatoms. The average Bonchev–Trinajstić information content (AvgIpc) is 2.96. The van der Waals surface area contributed by atoms with Crippen molar-refractivity contribution >= 4 is 26.3 Å². The SMILES string of the molecule is COc1cccc(-c2cn3nc(S(N)(=O)=O)sc3n2)c1. The highest BCUT2D eigenvalue weighted by Gasteiger charge is 2.17. The van der Waals surface area contributed by atoms with Crippen LogP contribution in [0, 0.1) is 0 Å². The highest BCUT2D eigenvalue weighted by molar-refractivity contribution is 7.91. The number of hydrogen-bond donors (Lipinski definition) is 1. The molecule has 0 radical (unpaired) electrons. The summed E-state index contributed by atoms with van der Waals surface area (Å²) in [5.74, 6) is 0.719. The van der Waals surface area contributed by atoms with Gasteiger partial charge in [0.15, 0.2) is 0 Å². The summed E-state index contributed by atoms with van der Waals surface area (Å²) in [5, 5.41) is 8.93. The van der Waals surface area contributed by atoms with E-state index in [1.165, 1.54) is 4.52 Å². The maximum Gasteiger partial charge on any atom is 0.267 e. The third kappa shape index (κ3) is 2.26. The lowest BCUT2D eigenvalue weighted by molar-refractivity contribution is 0.415. The monoisotopic (exact) mass is 310 g/mol. The predicted octanol–water partition coefficient (Wildman–Crippen LogP) is 1.11. The topological polar surface area (TPSA) is 99.6 Å². The molecule has 0 saturated heterocycles. The number of sulfonamides is 1. The molecular weight excluding hydrogens is 300 g/mol. The predicted molar refractivity (Wildman–Crippen MR) is 74.2 cm³/mol. The largest absolute Gasteiger partial charge is 0.497 e. The molecular formula is C11H10N4O3S2. The van der Waals surface area contributed by atoms with Crippen molar-refractivity contribution in [3.8, 4) is 17.0 Å². The molecule has 104 valence electrons. The number of nitrogens with zero attached hydrogens (tertiary/aromatic N) is 3. The first-order chi connectivity index (χ1) is 9.47. The van der Waals surface area contributed by atoms with Gasteiger partial charge in [-0.2, -0.15) is 0 Å². The summed E-state index contributed by atoms with van der Waals surface area (Å²) >= 11 is 0.926. The number of primary sulfonamides is 1. The fraction of sp³-hybridized carbons (Fsp3) is 0.0909. The highest BCUT2D eigenvalue weighted by atomic mass is 32.2. The van der Waals surface area contributed by atoms with Crippen molar-refractivity contribution in [2.24, 2.45) is 5.14 Å². The van der Waals surface area contributed by atoms with E-state index in [0.29, 0.717) is 10.7 Å². The zero-order valence-corrected chi connectivity index (χ0v) is 12.0. The summed E-state index contributed by atoms with van der Waals surface area (Å²) in [7, 11) is -2.21. The number of nitrogens with two attached hydrogens (primary N) is 1. The molecule has 0 spiro atoms. The number of methoxy groups -OCH3 is 1. The van der Waals surface area contributed by atoms with Gasteiger partial charge in [-0.3, -0.25) is 0 Å². The third-order valence-corrected chi connectivity index (χ3v) is 4.87.